The molecule has 0 aliphatic carbocycles. The third-order valence-corrected chi connectivity index (χ3v) is 2.71. The zero-order valence-corrected chi connectivity index (χ0v) is 10.2. The molecule has 0 aliphatic rings. The van der Waals surface area contributed by atoms with Gasteiger partial charge in [-0.25, -0.2) is 0 Å². The van der Waals surface area contributed by atoms with Crippen molar-refractivity contribution in [3.63, 3.8) is 0 Å². The summed E-state index contributed by atoms with van der Waals surface area (Å²) in [6.45, 7) is 2.88. The molecule has 0 aliphatic heterocycles. The maximum atomic E-state index is 11.3. The van der Waals surface area contributed by atoms with E-state index in [1.165, 1.54) is 0 Å². The number of hydrogen-bond acceptors (Lipinski definition) is 4. The van der Waals surface area contributed by atoms with Crippen molar-refractivity contribution in [1.82, 2.24) is 10.6 Å². The molecule has 1 unspecified atom stereocenters. The number of rotatable bonds is 8. The Kier molecular flexibility index (Phi) is 9.33. The Balaban J connectivity index is 3.55. The SMILES string of the molecule is CCC(CSC)NCC(=O)NCCC#N. The van der Waals surface area contributed by atoms with Crippen molar-refractivity contribution >= 4 is 17.7 Å². The molecule has 1 atom stereocenters. The van der Waals surface area contributed by atoms with Gasteiger partial charge in [-0.15, -0.1) is 0 Å². The van der Waals surface area contributed by atoms with E-state index in [0.717, 1.165) is 12.2 Å². The van der Waals surface area contributed by atoms with Crippen molar-refractivity contribution in [1.29, 1.82) is 5.26 Å². The standard InChI is InChI=1S/C10H19N3OS/c1-3-9(8-15-2)13-7-10(14)12-6-4-5-11/h9,13H,3-4,6-8H2,1-2H3,(H,12,14). The molecule has 5 heteroatoms. The van der Waals surface area contributed by atoms with Crippen LogP contribution in [0.5, 0.6) is 0 Å². The van der Waals surface area contributed by atoms with E-state index in [2.05, 4.69) is 23.8 Å². The smallest absolute Gasteiger partial charge is 0.233 e. The second-order valence-corrected chi connectivity index (χ2v) is 4.11. The van der Waals surface area contributed by atoms with Gasteiger partial charge in [-0.3, -0.25) is 4.79 Å². The Morgan fingerprint density at radius 2 is 2.33 bits per heavy atom. The first-order valence-electron chi connectivity index (χ1n) is 5.10. The Bertz CT molecular complexity index is 215. The van der Waals surface area contributed by atoms with Gasteiger partial charge >= 0.3 is 0 Å². The highest BCUT2D eigenvalue weighted by Crippen LogP contribution is 2.00. The van der Waals surface area contributed by atoms with Gasteiger partial charge in [0.25, 0.3) is 0 Å². The molecule has 0 aromatic carbocycles. The topological polar surface area (TPSA) is 64.9 Å². The molecule has 0 spiro atoms. The number of amides is 1. The molecule has 1 amide bonds. The average molecular weight is 229 g/mol. The molecule has 4 nitrogen and oxygen atoms in total. The minimum atomic E-state index is -0.0372. The van der Waals surface area contributed by atoms with Gasteiger partial charge in [0.05, 0.1) is 19.0 Å². The van der Waals surface area contributed by atoms with Crippen LogP contribution in [0.25, 0.3) is 0 Å². The number of thioether (sulfide) groups is 1. The zero-order valence-electron chi connectivity index (χ0n) is 9.38. The highest BCUT2D eigenvalue weighted by atomic mass is 32.2. The number of nitrogens with one attached hydrogen (secondary N) is 2. The van der Waals surface area contributed by atoms with E-state index >= 15 is 0 Å². The lowest BCUT2D eigenvalue weighted by Gasteiger charge is -2.15. The van der Waals surface area contributed by atoms with Gasteiger partial charge in [-0.2, -0.15) is 17.0 Å². The van der Waals surface area contributed by atoms with Crippen LogP contribution in [0.4, 0.5) is 0 Å². The van der Waals surface area contributed by atoms with Crippen LogP contribution < -0.4 is 10.6 Å². The molecule has 86 valence electrons. The van der Waals surface area contributed by atoms with E-state index in [-0.39, 0.29) is 5.91 Å². The van der Waals surface area contributed by atoms with Crippen LogP contribution in [0.3, 0.4) is 0 Å². The first-order chi connectivity index (χ1) is 7.24. The molecule has 2 N–H and O–H groups in total. The second-order valence-electron chi connectivity index (χ2n) is 3.20. The van der Waals surface area contributed by atoms with Crippen LogP contribution in [0.1, 0.15) is 19.8 Å². The molecule has 15 heavy (non-hydrogen) atoms. The van der Waals surface area contributed by atoms with Crippen LogP contribution in [-0.4, -0.2) is 37.0 Å². The van der Waals surface area contributed by atoms with E-state index in [9.17, 15) is 4.79 Å². The second kappa shape index (κ2) is 9.81. The number of carbonyl (C=O) groups is 1. The summed E-state index contributed by atoms with van der Waals surface area (Å²) in [5, 5.41) is 14.1. The van der Waals surface area contributed by atoms with E-state index in [1.54, 1.807) is 11.8 Å². The number of nitrogens with zero attached hydrogens (tertiary/aromatic N) is 1. The third kappa shape index (κ3) is 8.28. The predicted octanol–water partition coefficient (Wildman–Crippen LogP) is 0.747. The Morgan fingerprint density at radius 3 is 2.87 bits per heavy atom. The molecule has 0 fully saturated rings. The van der Waals surface area contributed by atoms with Crippen molar-refractivity contribution in [2.45, 2.75) is 25.8 Å². The first kappa shape index (κ1) is 14.3. The highest BCUT2D eigenvalue weighted by molar-refractivity contribution is 7.98. The lowest BCUT2D eigenvalue weighted by Crippen LogP contribution is -2.40. The van der Waals surface area contributed by atoms with Crippen LogP contribution in [0.15, 0.2) is 0 Å². The van der Waals surface area contributed by atoms with Gasteiger partial charge in [0, 0.05) is 18.3 Å². The van der Waals surface area contributed by atoms with Gasteiger partial charge in [-0.1, -0.05) is 6.92 Å². The van der Waals surface area contributed by atoms with Gasteiger partial charge in [-0.05, 0) is 12.7 Å². The average Bonchev–Trinajstić information content (AvgIpc) is 2.24. The first-order valence-corrected chi connectivity index (χ1v) is 6.49. The lowest BCUT2D eigenvalue weighted by molar-refractivity contribution is -0.120. The summed E-state index contributed by atoms with van der Waals surface area (Å²) in [5.41, 5.74) is 0. The Labute approximate surface area is 95.8 Å². The molecular formula is C10H19N3OS. The summed E-state index contributed by atoms with van der Waals surface area (Å²) < 4.78 is 0. The van der Waals surface area contributed by atoms with Gasteiger partial charge in [0.2, 0.25) is 5.91 Å². The van der Waals surface area contributed by atoms with Crippen LogP contribution in [0, 0.1) is 11.3 Å². The zero-order chi connectivity index (χ0) is 11.5. The van der Waals surface area contributed by atoms with Crippen LogP contribution in [-0.2, 0) is 4.79 Å². The molecular weight excluding hydrogens is 210 g/mol. The van der Waals surface area contributed by atoms with E-state index in [0.29, 0.717) is 25.6 Å². The molecule has 0 rings (SSSR count). The minimum absolute atomic E-state index is 0.0372. The molecule has 0 saturated carbocycles. The minimum Gasteiger partial charge on any atom is -0.354 e. The van der Waals surface area contributed by atoms with Gasteiger partial charge in [0.1, 0.15) is 0 Å². The van der Waals surface area contributed by atoms with E-state index < -0.39 is 0 Å². The summed E-state index contributed by atoms with van der Waals surface area (Å²) in [6.07, 6.45) is 3.44. The number of nitriles is 1. The molecule has 0 aromatic rings. The van der Waals surface area contributed by atoms with E-state index in [1.807, 2.05) is 6.07 Å². The van der Waals surface area contributed by atoms with Crippen molar-refractivity contribution in [3.05, 3.63) is 0 Å². The maximum Gasteiger partial charge on any atom is 0.233 e. The Hall–Kier alpha value is -0.730. The van der Waals surface area contributed by atoms with Gasteiger partial charge < -0.3 is 10.6 Å². The monoisotopic (exact) mass is 229 g/mol. The van der Waals surface area contributed by atoms with Crippen molar-refractivity contribution in [2.75, 3.05) is 25.1 Å². The van der Waals surface area contributed by atoms with E-state index in [4.69, 9.17) is 5.26 Å². The quantitative estimate of drug-likeness (QED) is 0.603. The normalized spacial score (nSPS) is 11.8. The molecule has 0 aromatic heterocycles. The van der Waals surface area contributed by atoms with Crippen LogP contribution in [0.2, 0.25) is 0 Å². The van der Waals surface area contributed by atoms with Crippen molar-refractivity contribution < 1.29 is 4.79 Å². The summed E-state index contributed by atoms with van der Waals surface area (Å²) >= 11 is 1.77. The fourth-order valence-electron chi connectivity index (χ4n) is 1.08. The molecule has 0 bridgehead atoms. The van der Waals surface area contributed by atoms with Gasteiger partial charge in [0.15, 0.2) is 0 Å². The summed E-state index contributed by atoms with van der Waals surface area (Å²) in [4.78, 5) is 11.3. The number of carbonyl (C=O) groups excluding carboxylic acids is 1. The van der Waals surface area contributed by atoms with Crippen molar-refractivity contribution in [3.8, 4) is 6.07 Å². The van der Waals surface area contributed by atoms with Crippen LogP contribution >= 0.6 is 11.8 Å². The predicted molar refractivity (Wildman–Crippen MR) is 63.7 cm³/mol. The molecule has 0 radical (unpaired) electrons. The lowest BCUT2D eigenvalue weighted by atomic mass is 10.2. The molecule has 0 saturated heterocycles. The highest BCUT2D eigenvalue weighted by Gasteiger charge is 2.06. The third-order valence-electron chi connectivity index (χ3n) is 1.97. The summed E-state index contributed by atoms with van der Waals surface area (Å²) in [6, 6.07) is 2.37. The molecule has 0 heterocycles. The summed E-state index contributed by atoms with van der Waals surface area (Å²) in [5.74, 6) is 0.979. The Morgan fingerprint density at radius 1 is 1.60 bits per heavy atom. The maximum absolute atomic E-state index is 11.3. The number of hydrogen-bond donors (Lipinski definition) is 2. The largest absolute Gasteiger partial charge is 0.354 e. The fourth-order valence-corrected chi connectivity index (χ4v) is 1.84. The fraction of sp³-hybridized carbons (Fsp3) is 0.800. The summed E-state index contributed by atoms with van der Waals surface area (Å²) in [7, 11) is 0. The van der Waals surface area contributed by atoms with Crippen molar-refractivity contribution in [2.24, 2.45) is 0 Å².